The highest BCUT2D eigenvalue weighted by Crippen LogP contribution is 2.09. The number of hydrogen-bond acceptors (Lipinski definition) is 0. The minimum atomic E-state index is 0.771. The van der Waals surface area contributed by atoms with Crippen LogP contribution in [0, 0.1) is 5.92 Å². The standard InChI is InChI=1S/C9H20B/c1-8(2)6-5-7-10-9(3)4/h8-9H,5-7H2,1-4H3. The van der Waals surface area contributed by atoms with Crippen molar-refractivity contribution in [1.82, 2.24) is 0 Å². The van der Waals surface area contributed by atoms with Gasteiger partial charge in [0.2, 0.25) is 0 Å². The fourth-order valence-electron chi connectivity index (χ4n) is 0.977. The summed E-state index contributed by atoms with van der Waals surface area (Å²) in [6.45, 7) is 9.06. The molecular formula is C9H20B. The highest BCUT2D eigenvalue weighted by molar-refractivity contribution is 6.37. The van der Waals surface area contributed by atoms with Crippen LogP contribution in [0.4, 0.5) is 0 Å². The van der Waals surface area contributed by atoms with Gasteiger partial charge in [-0.05, 0) is 5.92 Å². The van der Waals surface area contributed by atoms with E-state index in [1.54, 1.807) is 0 Å². The highest BCUT2D eigenvalue weighted by atomic mass is 13.9. The molecule has 0 aromatic carbocycles. The molecule has 0 aromatic heterocycles. The van der Waals surface area contributed by atoms with Crippen molar-refractivity contribution >= 4 is 7.28 Å². The van der Waals surface area contributed by atoms with Crippen molar-refractivity contribution in [1.29, 1.82) is 0 Å². The molecule has 0 saturated heterocycles. The van der Waals surface area contributed by atoms with Crippen molar-refractivity contribution in [2.45, 2.75) is 52.7 Å². The SMILES string of the molecule is CC(C)[B]CCCC(C)C. The lowest BCUT2D eigenvalue weighted by Gasteiger charge is -2.04. The largest absolute Gasteiger partial charge is 0.112 e. The molecule has 0 rings (SSSR count). The predicted molar refractivity (Wildman–Crippen MR) is 49.7 cm³/mol. The van der Waals surface area contributed by atoms with Crippen LogP contribution in [-0.4, -0.2) is 7.28 Å². The Morgan fingerprint density at radius 3 is 2.10 bits per heavy atom. The molecule has 0 bridgehead atoms. The summed E-state index contributed by atoms with van der Waals surface area (Å²) in [5, 5.41) is 0. The first-order chi connectivity index (χ1) is 4.63. The van der Waals surface area contributed by atoms with E-state index in [2.05, 4.69) is 35.0 Å². The Bertz CT molecular complexity index is 57.1. The van der Waals surface area contributed by atoms with E-state index in [-0.39, 0.29) is 0 Å². The van der Waals surface area contributed by atoms with Gasteiger partial charge in [0.05, 0.1) is 0 Å². The van der Waals surface area contributed by atoms with Gasteiger partial charge in [-0.1, -0.05) is 52.7 Å². The Morgan fingerprint density at radius 1 is 1.10 bits per heavy atom. The summed E-state index contributed by atoms with van der Waals surface area (Å²) in [6.07, 6.45) is 4.05. The first-order valence-corrected chi connectivity index (χ1v) is 4.46. The van der Waals surface area contributed by atoms with Crippen LogP contribution in [-0.2, 0) is 0 Å². The van der Waals surface area contributed by atoms with Gasteiger partial charge >= 0.3 is 0 Å². The maximum Gasteiger partial charge on any atom is 0.112 e. The third-order valence-electron chi connectivity index (χ3n) is 1.62. The third-order valence-corrected chi connectivity index (χ3v) is 1.62. The fourth-order valence-corrected chi connectivity index (χ4v) is 0.977. The molecule has 0 fully saturated rings. The molecule has 0 nitrogen and oxygen atoms in total. The molecule has 0 aliphatic carbocycles. The summed E-state index contributed by atoms with van der Waals surface area (Å²) in [4.78, 5) is 0. The van der Waals surface area contributed by atoms with Gasteiger partial charge in [0.25, 0.3) is 0 Å². The maximum absolute atomic E-state index is 2.41. The molecule has 0 spiro atoms. The van der Waals surface area contributed by atoms with Crippen LogP contribution >= 0.6 is 0 Å². The van der Waals surface area contributed by atoms with Crippen LogP contribution in [0.5, 0.6) is 0 Å². The van der Waals surface area contributed by atoms with E-state index in [0.717, 1.165) is 11.7 Å². The first kappa shape index (κ1) is 10.1. The molecule has 0 unspecified atom stereocenters. The van der Waals surface area contributed by atoms with Gasteiger partial charge in [-0.25, -0.2) is 0 Å². The van der Waals surface area contributed by atoms with Crippen molar-refractivity contribution in [3.8, 4) is 0 Å². The van der Waals surface area contributed by atoms with Gasteiger partial charge in [0, 0.05) is 0 Å². The number of hydrogen-bond donors (Lipinski definition) is 0. The molecule has 0 atom stereocenters. The van der Waals surface area contributed by atoms with Crippen LogP contribution in [0.1, 0.15) is 40.5 Å². The summed E-state index contributed by atoms with van der Waals surface area (Å²) in [7, 11) is 2.41. The predicted octanol–water partition coefficient (Wildman–Crippen LogP) is 3.37. The topological polar surface area (TPSA) is 0 Å². The fraction of sp³-hybridized carbons (Fsp3) is 1.00. The minimum absolute atomic E-state index is 0.771. The lowest BCUT2D eigenvalue weighted by Crippen LogP contribution is -1.95. The summed E-state index contributed by atoms with van der Waals surface area (Å²) in [5.41, 5.74) is 0. The van der Waals surface area contributed by atoms with Crippen molar-refractivity contribution in [2.24, 2.45) is 5.92 Å². The van der Waals surface area contributed by atoms with E-state index in [1.165, 1.54) is 19.2 Å². The van der Waals surface area contributed by atoms with Crippen LogP contribution in [0.25, 0.3) is 0 Å². The van der Waals surface area contributed by atoms with Crippen LogP contribution in [0.3, 0.4) is 0 Å². The van der Waals surface area contributed by atoms with E-state index in [9.17, 15) is 0 Å². The smallest absolute Gasteiger partial charge is 0.0800 e. The van der Waals surface area contributed by atoms with E-state index >= 15 is 0 Å². The van der Waals surface area contributed by atoms with Gasteiger partial charge < -0.3 is 0 Å². The Hall–Kier alpha value is 0.0649. The highest BCUT2D eigenvalue weighted by Gasteiger charge is 1.97. The zero-order valence-electron chi connectivity index (χ0n) is 7.85. The van der Waals surface area contributed by atoms with Crippen molar-refractivity contribution in [3.05, 3.63) is 0 Å². The Kier molecular flexibility index (Phi) is 5.86. The lowest BCUT2D eigenvalue weighted by molar-refractivity contribution is 0.574. The second kappa shape index (κ2) is 5.82. The van der Waals surface area contributed by atoms with E-state index in [0.29, 0.717) is 0 Å². The molecule has 0 N–H and O–H groups in total. The summed E-state index contributed by atoms with van der Waals surface area (Å²) in [6, 6.07) is 0. The molecular weight excluding hydrogens is 119 g/mol. The average molecular weight is 139 g/mol. The normalized spacial score (nSPS) is 11.0. The third kappa shape index (κ3) is 8.06. The first-order valence-electron chi connectivity index (χ1n) is 4.46. The zero-order chi connectivity index (χ0) is 7.98. The second-order valence-corrected chi connectivity index (χ2v) is 3.80. The molecule has 1 heteroatoms. The molecule has 0 saturated carbocycles. The van der Waals surface area contributed by atoms with Crippen LogP contribution in [0.15, 0.2) is 0 Å². The molecule has 0 heterocycles. The summed E-state index contributed by atoms with van der Waals surface area (Å²) >= 11 is 0. The molecule has 10 heavy (non-hydrogen) atoms. The van der Waals surface area contributed by atoms with Crippen molar-refractivity contribution in [2.75, 3.05) is 0 Å². The second-order valence-electron chi connectivity index (χ2n) is 3.80. The monoisotopic (exact) mass is 139 g/mol. The summed E-state index contributed by atoms with van der Waals surface area (Å²) in [5.74, 6) is 1.65. The molecule has 59 valence electrons. The molecule has 0 aliphatic heterocycles. The van der Waals surface area contributed by atoms with Gasteiger partial charge in [0.1, 0.15) is 7.28 Å². The van der Waals surface area contributed by atoms with E-state index < -0.39 is 0 Å². The Balaban J connectivity index is 2.91. The Morgan fingerprint density at radius 2 is 1.70 bits per heavy atom. The van der Waals surface area contributed by atoms with Gasteiger partial charge in [-0.2, -0.15) is 0 Å². The summed E-state index contributed by atoms with van der Waals surface area (Å²) < 4.78 is 0. The van der Waals surface area contributed by atoms with Gasteiger partial charge in [-0.3, -0.25) is 0 Å². The molecule has 1 radical (unpaired) electrons. The van der Waals surface area contributed by atoms with E-state index in [1.807, 2.05) is 0 Å². The molecule has 0 aromatic rings. The van der Waals surface area contributed by atoms with Crippen molar-refractivity contribution < 1.29 is 0 Å². The lowest BCUT2D eigenvalue weighted by atomic mass is 9.62. The van der Waals surface area contributed by atoms with Crippen molar-refractivity contribution in [3.63, 3.8) is 0 Å². The molecule has 0 aliphatic rings. The van der Waals surface area contributed by atoms with Crippen LogP contribution in [0.2, 0.25) is 12.1 Å². The maximum atomic E-state index is 2.41. The molecule has 0 amide bonds. The van der Waals surface area contributed by atoms with Gasteiger partial charge in [-0.15, -0.1) is 0 Å². The zero-order valence-corrected chi connectivity index (χ0v) is 7.85. The quantitative estimate of drug-likeness (QED) is 0.404. The number of rotatable bonds is 5. The average Bonchev–Trinajstić information content (AvgIpc) is 1.79. The van der Waals surface area contributed by atoms with E-state index in [4.69, 9.17) is 0 Å². The Labute approximate surface area is 66.6 Å². The minimum Gasteiger partial charge on any atom is -0.0800 e. The van der Waals surface area contributed by atoms with Gasteiger partial charge in [0.15, 0.2) is 0 Å². The van der Waals surface area contributed by atoms with Crippen LogP contribution < -0.4 is 0 Å².